The summed E-state index contributed by atoms with van der Waals surface area (Å²) in [6.45, 7) is 3.14. The molecule has 0 saturated heterocycles. The summed E-state index contributed by atoms with van der Waals surface area (Å²) in [7, 11) is 0. The summed E-state index contributed by atoms with van der Waals surface area (Å²) in [6, 6.07) is 7.53. The van der Waals surface area contributed by atoms with Gasteiger partial charge < -0.3 is 15.0 Å². The number of aryl methyl sites for hydroxylation is 1. The van der Waals surface area contributed by atoms with E-state index in [-0.39, 0.29) is 5.69 Å². The zero-order valence-corrected chi connectivity index (χ0v) is 10.8. The molecule has 2 N–H and O–H groups in total. The first kappa shape index (κ1) is 13.2. The standard InChI is InChI=1S/C13H17N3O3/c1-2-19-13(18)14-8-5-9-16-11-7-4-3-6-10(11)15-12(16)17/h3-4,6-7H,2,5,8-9H2,1H3,(H,14,18)(H,15,17). The number of amides is 1. The minimum Gasteiger partial charge on any atom is -0.450 e. The second kappa shape index (κ2) is 6.08. The van der Waals surface area contributed by atoms with Crippen LogP contribution in [0.3, 0.4) is 0 Å². The number of H-pyrrole nitrogens is 1. The number of hydrogen-bond acceptors (Lipinski definition) is 3. The van der Waals surface area contributed by atoms with Crippen molar-refractivity contribution in [2.75, 3.05) is 13.2 Å². The van der Waals surface area contributed by atoms with Crippen molar-refractivity contribution in [3.63, 3.8) is 0 Å². The molecule has 102 valence electrons. The first-order chi connectivity index (χ1) is 9.22. The maximum atomic E-state index is 11.8. The average molecular weight is 263 g/mol. The topological polar surface area (TPSA) is 76.1 Å². The molecule has 2 rings (SSSR count). The van der Waals surface area contributed by atoms with Gasteiger partial charge in [-0.2, -0.15) is 0 Å². The summed E-state index contributed by atoms with van der Waals surface area (Å²) in [6.07, 6.45) is 0.245. The number of aromatic nitrogens is 2. The molecule has 0 saturated carbocycles. The van der Waals surface area contributed by atoms with Gasteiger partial charge in [-0.05, 0) is 25.5 Å². The Morgan fingerprint density at radius 1 is 1.42 bits per heavy atom. The van der Waals surface area contributed by atoms with E-state index in [1.54, 1.807) is 11.5 Å². The Bertz CT molecular complexity index is 615. The molecule has 1 heterocycles. The molecule has 0 aliphatic carbocycles. The van der Waals surface area contributed by atoms with E-state index in [2.05, 4.69) is 10.3 Å². The Morgan fingerprint density at radius 2 is 2.21 bits per heavy atom. The van der Waals surface area contributed by atoms with E-state index in [0.717, 1.165) is 11.0 Å². The predicted molar refractivity (Wildman–Crippen MR) is 72.2 cm³/mol. The van der Waals surface area contributed by atoms with E-state index in [4.69, 9.17) is 4.74 Å². The third kappa shape index (κ3) is 3.15. The van der Waals surface area contributed by atoms with Crippen LogP contribution in [0.1, 0.15) is 13.3 Å². The number of nitrogens with one attached hydrogen (secondary N) is 2. The van der Waals surface area contributed by atoms with Crippen LogP contribution < -0.4 is 11.0 Å². The van der Waals surface area contributed by atoms with Gasteiger partial charge in [-0.1, -0.05) is 12.1 Å². The highest BCUT2D eigenvalue weighted by Gasteiger charge is 2.05. The number of rotatable bonds is 5. The lowest BCUT2D eigenvalue weighted by Crippen LogP contribution is -2.27. The summed E-state index contributed by atoms with van der Waals surface area (Å²) in [5, 5.41) is 2.63. The smallest absolute Gasteiger partial charge is 0.407 e. The molecule has 0 aliphatic heterocycles. The number of para-hydroxylation sites is 2. The summed E-state index contributed by atoms with van der Waals surface area (Å²) in [5.74, 6) is 0. The summed E-state index contributed by atoms with van der Waals surface area (Å²) >= 11 is 0. The molecule has 0 bridgehead atoms. The number of benzene rings is 1. The van der Waals surface area contributed by atoms with Crippen LogP contribution in [0.2, 0.25) is 0 Å². The normalized spacial score (nSPS) is 10.6. The Morgan fingerprint density at radius 3 is 3.00 bits per heavy atom. The Hall–Kier alpha value is -2.24. The van der Waals surface area contributed by atoms with Crippen LogP contribution in [-0.4, -0.2) is 28.8 Å². The predicted octanol–water partition coefficient (Wildman–Crippen LogP) is 1.47. The van der Waals surface area contributed by atoms with Crippen molar-refractivity contribution in [2.45, 2.75) is 19.9 Å². The molecule has 0 atom stereocenters. The van der Waals surface area contributed by atoms with Crippen LogP contribution in [0, 0.1) is 0 Å². The number of fused-ring (bicyclic) bond motifs is 1. The zero-order valence-electron chi connectivity index (χ0n) is 10.8. The maximum absolute atomic E-state index is 11.8. The number of carbonyl (C=O) groups excluding carboxylic acids is 1. The molecule has 0 unspecified atom stereocenters. The molecule has 1 aromatic carbocycles. The third-order valence-electron chi connectivity index (χ3n) is 2.78. The van der Waals surface area contributed by atoms with E-state index < -0.39 is 6.09 Å². The second-order valence-corrected chi connectivity index (χ2v) is 4.10. The van der Waals surface area contributed by atoms with Gasteiger partial charge in [0.05, 0.1) is 17.6 Å². The fourth-order valence-electron chi connectivity index (χ4n) is 1.94. The number of nitrogens with zero attached hydrogens (tertiary/aromatic N) is 1. The number of aromatic amines is 1. The number of carbonyl (C=O) groups is 1. The van der Waals surface area contributed by atoms with E-state index >= 15 is 0 Å². The van der Waals surface area contributed by atoms with E-state index in [9.17, 15) is 9.59 Å². The minimum atomic E-state index is -0.422. The molecule has 6 heteroatoms. The van der Waals surface area contributed by atoms with E-state index in [1.807, 2.05) is 24.3 Å². The lowest BCUT2D eigenvalue weighted by Gasteiger charge is -2.05. The van der Waals surface area contributed by atoms with Gasteiger partial charge in [0.1, 0.15) is 0 Å². The molecule has 0 aliphatic rings. The molecule has 6 nitrogen and oxygen atoms in total. The largest absolute Gasteiger partial charge is 0.450 e. The van der Waals surface area contributed by atoms with Crippen molar-refractivity contribution in [3.8, 4) is 0 Å². The molecule has 19 heavy (non-hydrogen) atoms. The highest BCUT2D eigenvalue weighted by Crippen LogP contribution is 2.08. The van der Waals surface area contributed by atoms with Crippen molar-refractivity contribution in [1.29, 1.82) is 0 Å². The van der Waals surface area contributed by atoms with Gasteiger partial charge in [-0.15, -0.1) is 0 Å². The molecular weight excluding hydrogens is 246 g/mol. The molecular formula is C13H17N3O3. The summed E-state index contributed by atoms with van der Waals surface area (Å²) in [4.78, 5) is 25.6. The van der Waals surface area contributed by atoms with Crippen LogP contribution in [0.15, 0.2) is 29.1 Å². The third-order valence-corrected chi connectivity index (χ3v) is 2.78. The van der Waals surface area contributed by atoms with Crippen LogP contribution in [0.5, 0.6) is 0 Å². The van der Waals surface area contributed by atoms with Crippen LogP contribution >= 0.6 is 0 Å². The van der Waals surface area contributed by atoms with Gasteiger partial charge in [0.15, 0.2) is 0 Å². The second-order valence-electron chi connectivity index (χ2n) is 4.10. The first-order valence-corrected chi connectivity index (χ1v) is 6.30. The van der Waals surface area contributed by atoms with Crippen molar-refractivity contribution in [2.24, 2.45) is 0 Å². The monoisotopic (exact) mass is 263 g/mol. The van der Waals surface area contributed by atoms with Gasteiger partial charge in [-0.3, -0.25) is 4.57 Å². The van der Waals surface area contributed by atoms with Crippen molar-refractivity contribution >= 4 is 17.1 Å². The summed E-state index contributed by atoms with van der Waals surface area (Å²) in [5.41, 5.74) is 1.58. The van der Waals surface area contributed by atoms with Gasteiger partial charge in [0.25, 0.3) is 0 Å². The van der Waals surface area contributed by atoms with Crippen LogP contribution in [0.4, 0.5) is 4.79 Å². The fraction of sp³-hybridized carbons (Fsp3) is 0.385. The number of ether oxygens (including phenoxy) is 1. The Labute approximate surface area is 110 Å². The number of alkyl carbamates (subject to hydrolysis) is 1. The highest BCUT2D eigenvalue weighted by atomic mass is 16.5. The van der Waals surface area contributed by atoms with Gasteiger partial charge >= 0.3 is 11.8 Å². The Balaban J connectivity index is 1.93. The molecule has 0 spiro atoms. The molecule has 0 fully saturated rings. The van der Waals surface area contributed by atoms with Gasteiger partial charge in [0, 0.05) is 13.1 Å². The molecule has 2 aromatic rings. The number of hydrogen-bond donors (Lipinski definition) is 2. The van der Waals surface area contributed by atoms with Crippen molar-refractivity contribution in [1.82, 2.24) is 14.9 Å². The number of imidazole rings is 1. The molecule has 0 radical (unpaired) electrons. The Kier molecular flexibility index (Phi) is 4.22. The van der Waals surface area contributed by atoms with E-state index in [1.165, 1.54) is 0 Å². The lowest BCUT2D eigenvalue weighted by molar-refractivity contribution is 0.152. The highest BCUT2D eigenvalue weighted by molar-refractivity contribution is 5.74. The SMILES string of the molecule is CCOC(=O)NCCCn1c(=O)[nH]c2ccccc21. The summed E-state index contributed by atoms with van der Waals surface area (Å²) < 4.78 is 6.42. The van der Waals surface area contributed by atoms with Crippen molar-refractivity contribution in [3.05, 3.63) is 34.7 Å². The van der Waals surface area contributed by atoms with Gasteiger partial charge in [0.2, 0.25) is 0 Å². The molecule has 1 amide bonds. The van der Waals surface area contributed by atoms with E-state index in [0.29, 0.717) is 26.1 Å². The minimum absolute atomic E-state index is 0.127. The molecule has 1 aromatic heterocycles. The van der Waals surface area contributed by atoms with Crippen LogP contribution in [-0.2, 0) is 11.3 Å². The maximum Gasteiger partial charge on any atom is 0.407 e. The fourth-order valence-corrected chi connectivity index (χ4v) is 1.94. The quantitative estimate of drug-likeness (QED) is 0.802. The zero-order chi connectivity index (χ0) is 13.7. The van der Waals surface area contributed by atoms with Crippen LogP contribution in [0.25, 0.3) is 11.0 Å². The lowest BCUT2D eigenvalue weighted by atomic mass is 10.3. The first-order valence-electron chi connectivity index (χ1n) is 6.30. The van der Waals surface area contributed by atoms with Crippen molar-refractivity contribution < 1.29 is 9.53 Å². The average Bonchev–Trinajstić information content (AvgIpc) is 2.71. The van der Waals surface area contributed by atoms with Gasteiger partial charge in [-0.25, -0.2) is 9.59 Å².